The van der Waals surface area contributed by atoms with Gasteiger partial charge in [0, 0.05) is 5.56 Å². The lowest BCUT2D eigenvalue weighted by atomic mass is 9.80. The molecule has 1 rings (SSSR count). The molecule has 0 saturated carbocycles. The van der Waals surface area contributed by atoms with Crippen LogP contribution in [0.25, 0.3) is 0 Å². The fourth-order valence-corrected chi connectivity index (χ4v) is 1.89. The Morgan fingerprint density at radius 2 is 1.89 bits per heavy atom. The van der Waals surface area contributed by atoms with Gasteiger partial charge in [-0.05, 0) is 25.7 Å². The summed E-state index contributed by atoms with van der Waals surface area (Å²) in [5.41, 5.74) is -0.464. The topological polar surface area (TPSA) is 17.1 Å². The number of allylic oxidation sites excluding steroid dienone is 1. The average Bonchev–Trinajstić information content (AvgIpc) is 2.35. The van der Waals surface area contributed by atoms with E-state index < -0.39 is 11.5 Å². The van der Waals surface area contributed by atoms with Crippen molar-refractivity contribution >= 4 is 5.78 Å². The SMILES string of the molecule is C=C(C)CCC(F)(C(=O)c1ccccc1)C(C)C. The van der Waals surface area contributed by atoms with Crippen LogP contribution >= 0.6 is 0 Å². The van der Waals surface area contributed by atoms with E-state index in [2.05, 4.69) is 6.58 Å². The molecule has 1 unspecified atom stereocenters. The van der Waals surface area contributed by atoms with Crippen molar-refractivity contribution < 1.29 is 9.18 Å². The van der Waals surface area contributed by atoms with Gasteiger partial charge >= 0.3 is 0 Å². The number of carbonyl (C=O) groups excluding carboxylic acids is 1. The van der Waals surface area contributed by atoms with E-state index in [0.29, 0.717) is 12.0 Å². The standard InChI is InChI=1S/C16H21FO/c1-12(2)10-11-16(17,13(3)4)15(18)14-8-6-5-7-9-14/h5-9,13H,1,10-11H2,2-4H3. The first-order valence-corrected chi connectivity index (χ1v) is 6.31. The van der Waals surface area contributed by atoms with Gasteiger partial charge in [0.2, 0.25) is 0 Å². The maximum absolute atomic E-state index is 15.0. The summed E-state index contributed by atoms with van der Waals surface area (Å²) in [5.74, 6) is -0.760. The molecule has 2 heteroatoms. The maximum atomic E-state index is 15.0. The molecule has 0 aromatic heterocycles. The Hall–Kier alpha value is -1.44. The molecular weight excluding hydrogens is 227 g/mol. The van der Waals surface area contributed by atoms with Crippen LogP contribution in [0.3, 0.4) is 0 Å². The first kappa shape index (κ1) is 14.6. The summed E-state index contributed by atoms with van der Waals surface area (Å²) in [5, 5.41) is 0. The minimum Gasteiger partial charge on any atom is -0.291 e. The smallest absolute Gasteiger partial charge is 0.200 e. The minimum absolute atomic E-state index is 0.202. The predicted octanol–water partition coefficient (Wildman–Crippen LogP) is 4.59. The van der Waals surface area contributed by atoms with E-state index in [4.69, 9.17) is 0 Å². The van der Waals surface area contributed by atoms with Crippen LogP contribution in [0.4, 0.5) is 4.39 Å². The Morgan fingerprint density at radius 3 is 2.33 bits per heavy atom. The van der Waals surface area contributed by atoms with Crippen LogP contribution in [0.5, 0.6) is 0 Å². The van der Waals surface area contributed by atoms with Crippen LogP contribution in [-0.4, -0.2) is 11.5 Å². The van der Waals surface area contributed by atoms with E-state index in [0.717, 1.165) is 5.57 Å². The molecule has 0 radical (unpaired) electrons. The summed E-state index contributed by atoms with van der Waals surface area (Å²) in [4.78, 5) is 12.3. The molecule has 98 valence electrons. The Balaban J connectivity index is 2.97. The molecule has 0 aliphatic rings. The molecule has 0 heterocycles. The zero-order valence-electron chi connectivity index (χ0n) is 11.4. The second-order valence-electron chi connectivity index (χ2n) is 5.17. The van der Waals surface area contributed by atoms with Crippen molar-refractivity contribution in [1.29, 1.82) is 0 Å². The lowest BCUT2D eigenvalue weighted by molar-refractivity contribution is 0.0512. The van der Waals surface area contributed by atoms with Crippen LogP contribution in [-0.2, 0) is 0 Å². The van der Waals surface area contributed by atoms with E-state index in [-0.39, 0.29) is 12.3 Å². The molecule has 0 saturated heterocycles. The molecule has 0 amide bonds. The molecule has 0 aliphatic heterocycles. The van der Waals surface area contributed by atoms with Crippen molar-refractivity contribution in [2.45, 2.75) is 39.3 Å². The molecule has 0 fully saturated rings. The van der Waals surface area contributed by atoms with Crippen LogP contribution in [0.1, 0.15) is 44.0 Å². The van der Waals surface area contributed by atoms with Gasteiger partial charge in [0.05, 0.1) is 0 Å². The third kappa shape index (κ3) is 3.28. The van der Waals surface area contributed by atoms with Crippen molar-refractivity contribution in [3.8, 4) is 0 Å². The zero-order valence-corrected chi connectivity index (χ0v) is 11.4. The monoisotopic (exact) mass is 248 g/mol. The summed E-state index contributed by atoms with van der Waals surface area (Å²) >= 11 is 0. The van der Waals surface area contributed by atoms with Crippen LogP contribution in [0, 0.1) is 5.92 Å². The third-order valence-electron chi connectivity index (χ3n) is 3.24. The summed E-state index contributed by atoms with van der Waals surface area (Å²) in [6.07, 6.45) is 0.737. The van der Waals surface area contributed by atoms with Crippen molar-refractivity contribution in [1.82, 2.24) is 0 Å². The first-order valence-electron chi connectivity index (χ1n) is 6.31. The van der Waals surface area contributed by atoms with Crippen LogP contribution < -0.4 is 0 Å². The third-order valence-corrected chi connectivity index (χ3v) is 3.24. The molecule has 1 aromatic rings. The normalized spacial score (nSPS) is 14.3. The number of benzene rings is 1. The van der Waals surface area contributed by atoms with Crippen molar-refractivity contribution in [2.75, 3.05) is 0 Å². The van der Waals surface area contributed by atoms with Crippen molar-refractivity contribution in [3.05, 3.63) is 48.0 Å². The quantitative estimate of drug-likeness (QED) is 0.531. The Labute approximate surface area is 109 Å². The number of ketones is 1. The van der Waals surface area contributed by atoms with Crippen LogP contribution in [0.15, 0.2) is 42.5 Å². The number of Topliss-reactive ketones (excluding diaryl/α,β-unsaturated/α-hetero) is 1. The van der Waals surface area contributed by atoms with E-state index >= 15 is 0 Å². The van der Waals surface area contributed by atoms with Gasteiger partial charge in [-0.3, -0.25) is 4.79 Å². The number of rotatable bonds is 6. The Kier molecular flexibility index (Phi) is 4.83. The molecule has 0 bridgehead atoms. The lowest BCUT2D eigenvalue weighted by Gasteiger charge is -2.28. The predicted molar refractivity (Wildman–Crippen MR) is 73.5 cm³/mol. The number of halogens is 1. The van der Waals surface area contributed by atoms with Crippen molar-refractivity contribution in [2.24, 2.45) is 5.92 Å². The molecule has 1 aromatic carbocycles. The fourth-order valence-electron chi connectivity index (χ4n) is 1.89. The van der Waals surface area contributed by atoms with Gasteiger partial charge in [-0.25, -0.2) is 4.39 Å². The van der Waals surface area contributed by atoms with E-state index in [9.17, 15) is 9.18 Å². The summed E-state index contributed by atoms with van der Waals surface area (Å²) in [7, 11) is 0. The number of hydrogen-bond acceptors (Lipinski definition) is 1. The van der Waals surface area contributed by atoms with Gasteiger partial charge in [-0.15, -0.1) is 6.58 Å². The summed E-state index contributed by atoms with van der Waals surface area (Å²) in [6.45, 7) is 9.13. The Morgan fingerprint density at radius 1 is 1.33 bits per heavy atom. The first-order chi connectivity index (χ1) is 8.38. The zero-order chi connectivity index (χ0) is 13.8. The Bertz CT molecular complexity index is 422. The highest BCUT2D eigenvalue weighted by molar-refractivity contribution is 6.02. The van der Waals surface area contributed by atoms with Gasteiger partial charge in [-0.1, -0.05) is 49.8 Å². The minimum atomic E-state index is -1.81. The van der Waals surface area contributed by atoms with Gasteiger partial charge in [0.25, 0.3) is 0 Å². The summed E-state index contributed by atoms with van der Waals surface area (Å²) < 4.78 is 15.0. The fraction of sp³-hybridized carbons (Fsp3) is 0.438. The van der Waals surface area contributed by atoms with Gasteiger partial charge in [-0.2, -0.15) is 0 Å². The molecular formula is C16H21FO. The molecule has 0 N–H and O–H groups in total. The lowest BCUT2D eigenvalue weighted by Crippen LogP contribution is -2.39. The molecule has 1 nitrogen and oxygen atoms in total. The highest BCUT2D eigenvalue weighted by Crippen LogP contribution is 2.32. The highest BCUT2D eigenvalue weighted by Gasteiger charge is 2.41. The largest absolute Gasteiger partial charge is 0.291 e. The maximum Gasteiger partial charge on any atom is 0.200 e. The number of carbonyl (C=O) groups is 1. The molecule has 0 aliphatic carbocycles. The van der Waals surface area contributed by atoms with Crippen molar-refractivity contribution in [3.63, 3.8) is 0 Å². The number of hydrogen-bond donors (Lipinski definition) is 0. The second kappa shape index (κ2) is 5.94. The second-order valence-corrected chi connectivity index (χ2v) is 5.17. The van der Waals surface area contributed by atoms with Gasteiger partial charge in [0.1, 0.15) is 0 Å². The average molecular weight is 248 g/mol. The molecule has 1 atom stereocenters. The van der Waals surface area contributed by atoms with Crippen LogP contribution in [0.2, 0.25) is 0 Å². The van der Waals surface area contributed by atoms with Gasteiger partial charge < -0.3 is 0 Å². The number of alkyl halides is 1. The summed E-state index contributed by atoms with van der Waals surface area (Å²) in [6, 6.07) is 8.67. The van der Waals surface area contributed by atoms with E-state index in [1.165, 1.54) is 0 Å². The van der Waals surface area contributed by atoms with E-state index in [1.807, 2.05) is 13.0 Å². The van der Waals surface area contributed by atoms with E-state index in [1.54, 1.807) is 38.1 Å². The van der Waals surface area contributed by atoms with Gasteiger partial charge in [0.15, 0.2) is 11.5 Å². The molecule has 18 heavy (non-hydrogen) atoms. The molecule has 0 spiro atoms. The highest BCUT2D eigenvalue weighted by atomic mass is 19.1.